The van der Waals surface area contributed by atoms with Crippen LogP contribution in [0.1, 0.15) is 38.0 Å². The molecule has 4 heteroatoms. The van der Waals surface area contributed by atoms with Crippen LogP contribution in [0.25, 0.3) is 0 Å². The molecule has 0 radical (unpaired) electrons. The van der Waals surface area contributed by atoms with Crippen molar-refractivity contribution in [1.29, 1.82) is 0 Å². The summed E-state index contributed by atoms with van der Waals surface area (Å²) in [7, 11) is 0. The molecule has 1 amide bonds. The molecule has 0 aliphatic carbocycles. The maximum Gasteiger partial charge on any atom is 0.220 e. The van der Waals surface area contributed by atoms with Crippen molar-refractivity contribution < 1.29 is 9.90 Å². The fraction of sp³-hybridized carbons (Fsp3) is 0.615. The molecular weight excluding hydrogens is 234 g/mol. The monoisotopic (exact) mass is 255 g/mol. The Morgan fingerprint density at radius 3 is 2.88 bits per heavy atom. The summed E-state index contributed by atoms with van der Waals surface area (Å²) in [5.74, 6) is 0.0277. The maximum absolute atomic E-state index is 11.7. The Bertz CT molecular complexity index is 331. The van der Waals surface area contributed by atoms with Crippen molar-refractivity contribution in [2.24, 2.45) is 0 Å². The van der Waals surface area contributed by atoms with Gasteiger partial charge in [0.2, 0.25) is 5.91 Å². The summed E-state index contributed by atoms with van der Waals surface area (Å²) in [6, 6.07) is 4.12. The van der Waals surface area contributed by atoms with Gasteiger partial charge >= 0.3 is 0 Å². The number of hydrogen-bond donors (Lipinski definition) is 2. The number of nitrogens with one attached hydrogen (secondary N) is 1. The predicted octanol–water partition coefficient (Wildman–Crippen LogP) is 2.35. The molecule has 0 aliphatic heterocycles. The average Bonchev–Trinajstić information content (AvgIpc) is 2.82. The number of aryl methyl sites for hydroxylation is 1. The third kappa shape index (κ3) is 4.88. The molecule has 0 spiro atoms. The summed E-state index contributed by atoms with van der Waals surface area (Å²) in [4.78, 5) is 13.0. The summed E-state index contributed by atoms with van der Waals surface area (Å²) < 4.78 is 0. The van der Waals surface area contributed by atoms with Gasteiger partial charge in [-0.1, -0.05) is 13.0 Å². The molecule has 0 bridgehead atoms. The van der Waals surface area contributed by atoms with Gasteiger partial charge in [-0.3, -0.25) is 4.79 Å². The topological polar surface area (TPSA) is 49.3 Å². The van der Waals surface area contributed by atoms with Gasteiger partial charge in [0.1, 0.15) is 0 Å². The first kappa shape index (κ1) is 14.2. The van der Waals surface area contributed by atoms with E-state index >= 15 is 0 Å². The largest absolute Gasteiger partial charge is 0.394 e. The number of carbonyl (C=O) groups excluding carboxylic acids is 1. The maximum atomic E-state index is 11.7. The van der Waals surface area contributed by atoms with Gasteiger partial charge < -0.3 is 10.4 Å². The highest BCUT2D eigenvalue weighted by atomic mass is 32.1. The summed E-state index contributed by atoms with van der Waals surface area (Å²) in [5, 5.41) is 14.1. The summed E-state index contributed by atoms with van der Waals surface area (Å²) in [5.41, 5.74) is -0.472. The standard InChI is InChI=1S/C13H21NO2S/c1-3-13(2,10-15)14-12(16)8-4-6-11-7-5-9-17-11/h5,7,9,15H,3-4,6,8,10H2,1-2H3,(H,14,16). The first-order valence-electron chi connectivity index (χ1n) is 6.04. The Balaban J connectivity index is 2.25. The number of hydrogen-bond acceptors (Lipinski definition) is 3. The van der Waals surface area contributed by atoms with E-state index in [1.807, 2.05) is 19.9 Å². The number of thiophene rings is 1. The lowest BCUT2D eigenvalue weighted by atomic mass is 10.00. The number of amides is 1. The van der Waals surface area contributed by atoms with E-state index in [0.29, 0.717) is 6.42 Å². The van der Waals surface area contributed by atoms with Crippen molar-refractivity contribution in [3.05, 3.63) is 22.4 Å². The molecular formula is C13H21NO2S. The van der Waals surface area contributed by atoms with Crippen LogP contribution in [0.2, 0.25) is 0 Å². The number of carbonyl (C=O) groups is 1. The van der Waals surface area contributed by atoms with E-state index in [-0.39, 0.29) is 12.5 Å². The minimum atomic E-state index is -0.472. The highest BCUT2D eigenvalue weighted by molar-refractivity contribution is 7.09. The molecule has 0 fully saturated rings. The van der Waals surface area contributed by atoms with Crippen LogP contribution in [0.15, 0.2) is 17.5 Å². The number of aliphatic hydroxyl groups is 1. The molecule has 0 saturated carbocycles. The van der Waals surface area contributed by atoms with Crippen LogP contribution in [0.4, 0.5) is 0 Å². The van der Waals surface area contributed by atoms with Gasteiger partial charge in [-0.15, -0.1) is 11.3 Å². The second-order valence-electron chi connectivity index (χ2n) is 4.55. The molecule has 0 aliphatic rings. The summed E-state index contributed by atoms with van der Waals surface area (Å²) in [6.07, 6.45) is 3.07. The Morgan fingerprint density at radius 1 is 1.59 bits per heavy atom. The zero-order valence-electron chi connectivity index (χ0n) is 10.5. The van der Waals surface area contributed by atoms with Gasteiger partial charge in [0, 0.05) is 11.3 Å². The van der Waals surface area contributed by atoms with Crippen LogP contribution >= 0.6 is 11.3 Å². The van der Waals surface area contributed by atoms with Crippen LogP contribution in [-0.2, 0) is 11.2 Å². The first-order chi connectivity index (χ1) is 8.09. The molecule has 96 valence electrons. The van der Waals surface area contributed by atoms with Crippen molar-refractivity contribution >= 4 is 17.2 Å². The Morgan fingerprint density at radius 2 is 2.35 bits per heavy atom. The fourth-order valence-corrected chi connectivity index (χ4v) is 2.27. The van der Waals surface area contributed by atoms with E-state index in [9.17, 15) is 9.90 Å². The van der Waals surface area contributed by atoms with Crippen molar-refractivity contribution in [1.82, 2.24) is 5.32 Å². The fourth-order valence-electron chi connectivity index (χ4n) is 1.52. The highest BCUT2D eigenvalue weighted by Crippen LogP contribution is 2.13. The molecule has 1 heterocycles. The molecule has 1 atom stereocenters. The zero-order chi connectivity index (χ0) is 12.7. The van der Waals surface area contributed by atoms with Crippen LogP contribution < -0.4 is 5.32 Å². The van der Waals surface area contributed by atoms with Gasteiger partial charge in [-0.05, 0) is 37.6 Å². The molecule has 3 nitrogen and oxygen atoms in total. The minimum absolute atomic E-state index is 0.0137. The molecule has 1 rings (SSSR count). The first-order valence-corrected chi connectivity index (χ1v) is 6.92. The smallest absolute Gasteiger partial charge is 0.220 e. The number of rotatable bonds is 7. The summed E-state index contributed by atoms with van der Waals surface area (Å²) >= 11 is 1.73. The van der Waals surface area contributed by atoms with Crippen LogP contribution in [-0.4, -0.2) is 23.2 Å². The van der Waals surface area contributed by atoms with E-state index in [1.165, 1.54) is 4.88 Å². The van der Waals surface area contributed by atoms with Crippen molar-refractivity contribution in [3.8, 4) is 0 Å². The lowest BCUT2D eigenvalue weighted by Crippen LogP contribution is -2.48. The lowest BCUT2D eigenvalue weighted by molar-refractivity contribution is -0.123. The third-order valence-corrected chi connectivity index (χ3v) is 3.91. The highest BCUT2D eigenvalue weighted by Gasteiger charge is 2.22. The van der Waals surface area contributed by atoms with Gasteiger partial charge in [-0.2, -0.15) is 0 Å². The normalized spacial score (nSPS) is 14.3. The molecule has 1 aromatic heterocycles. The van der Waals surface area contributed by atoms with E-state index < -0.39 is 5.54 Å². The Labute approximate surface area is 107 Å². The van der Waals surface area contributed by atoms with Crippen LogP contribution in [0.5, 0.6) is 0 Å². The van der Waals surface area contributed by atoms with E-state index in [0.717, 1.165) is 19.3 Å². The average molecular weight is 255 g/mol. The van der Waals surface area contributed by atoms with Crippen molar-refractivity contribution in [2.75, 3.05) is 6.61 Å². The molecule has 17 heavy (non-hydrogen) atoms. The van der Waals surface area contributed by atoms with Crippen molar-refractivity contribution in [2.45, 2.75) is 45.1 Å². The second kappa shape index (κ2) is 6.77. The summed E-state index contributed by atoms with van der Waals surface area (Å²) in [6.45, 7) is 3.81. The predicted molar refractivity (Wildman–Crippen MR) is 71.2 cm³/mol. The van der Waals surface area contributed by atoms with Crippen molar-refractivity contribution in [3.63, 3.8) is 0 Å². The zero-order valence-corrected chi connectivity index (χ0v) is 11.3. The van der Waals surface area contributed by atoms with Crippen LogP contribution in [0.3, 0.4) is 0 Å². The molecule has 1 unspecified atom stereocenters. The second-order valence-corrected chi connectivity index (χ2v) is 5.59. The molecule has 1 aromatic rings. The van der Waals surface area contributed by atoms with E-state index in [1.54, 1.807) is 11.3 Å². The van der Waals surface area contributed by atoms with Gasteiger partial charge in [0.05, 0.1) is 12.1 Å². The van der Waals surface area contributed by atoms with Gasteiger partial charge in [0.25, 0.3) is 0 Å². The lowest BCUT2D eigenvalue weighted by Gasteiger charge is -2.27. The third-order valence-electron chi connectivity index (χ3n) is 2.98. The Kier molecular flexibility index (Phi) is 5.65. The van der Waals surface area contributed by atoms with Gasteiger partial charge in [-0.25, -0.2) is 0 Å². The van der Waals surface area contributed by atoms with Crippen LogP contribution in [0, 0.1) is 0 Å². The minimum Gasteiger partial charge on any atom is -0.394 e. The van der Waals surface area contributed by atoms with E-state index in [4.69, 9.17) is 0 Å². The molecule has 0 aromatic carbocycles. The van der Waals surface area contributed by atoms with Gasteiger partial charge in [0.15, 0.2) is 0 Å². The number of aliphatic hydroxyl groups excluding tert-OH is 1. The molecule has 2 N–H and O–H groups in total. The van der Waals surface area contributed by atoms with E-state index in [2.05, 4.69) is 16.8 Å². The Hall–Kier alpha value is -0.870. The quantitative estimate of drug-likeness (QED) is 0.785. The molecule has 0 saturated heterocycles. The SMILES string of the molecule is CCC(C)(CO)NC(=O)CCCc1cccs1.